The number of ether oxygens (including phenoxy) is 1. The van der Waals surface area contributed by atoms with Crippen molar-refractivity contribution in [3.05, 3.63) is 45.9 Å². The first-order chi connectivity index (χ1) is 13.6. The predicted molar refractivity (Wildman–Crippen MR) is 108 cm³/mol. The number of phenolic OH excluding ortho intramolecular Hbond substituents is 1. The van der Waals surface area contributed by atoms with Gasteiger partial charge in [0.2, 0.25) is 5.95 Å². The summed E-state index contributed by atoms with van der Waals surface area (Å²) in [5.74, 6) is 1.64. The lowest BCUT2D eigenvalue weighted by Gasteiger charge is -2.32. The van der Waals surface area contributed by atoms with Crippen molar-refractivity contribution in [1.82, 2.24) is 14.9 Å². The second kappa shape index (κ2) is 8.22. The Bertz CT molecular complexity index is 876. The van der Waals surface area contributed by atoms with Gasteiger partial charge in [0.1, 0.15) is 0 Å². The number of aromatic hydroxyl groups is 1. The summed E-state index contributed by atoms with van der Waals surface area (Å²) < 4.78 is 5.22. The number of methoxy groups -OCH3 is 1. The summed E-state index contributed by atoms with van der Waals surface area (Å²) in [6.07, 6.45) is 4.43. The molecule has 28 heavy (non-hydrogen) atoms. The number of piperidine rings is 1. The van der Waals surface area contributed by atoms with Crippen LogP contribution in [0.2, 0.25) is 0 Å². The van der Waals surface area contributed by atoms with Crippen molar-refractivity contribution in [3.63, 3.8) is 0 Å². The Morgan fingerprint density at radius 2 is 2.04 bits per heavy atom. The molecule has 2 aliphatic heterocycles. The Balaban J connectivity index is 1.48. The third-order valence-corrected chi connectivity index (χ3v) is 5.73. The van der Waals surface area contributed by atoms with Crippen LogP contribution in [0.1, 0.15) is 42.9 Å². The van der Waals surface area contributed by atoms with E-state index in [4.69, 9.17) is 9.72 Å². The number of benzene rings is 1. The van der Waals surface area contributed by atoms with Crippen molar-refractivity contribution in [2.45, 2.75) is 38.1 Å². The van der Waals surface area contributed by atoms with Crippen LogP contribution in [0, 0.1) is 0 Å². The third-order valence-electron chi connectivity index (χ3n) is 5.73. The van der Waals surface area contributed by atoms with Gasteiger partial charge in [0.15, 0.2) is 11.5 Å². The van der Waals surface area contributed by atoms with Crippen molar-refractivity contribution in [2.24, 2.45) is 0 Å². The van der Waals surface area contributed by atoms with E-state index in [2.05, 4.69) is 14.8 Å². The van der Waals surface area contributed by atoms with Crippen molar-refractivity contribution in [2.75, 3.05) is 38.2 Å². The normalized spacial score (nSPS) is 20.5. The number of hydrogen-bond acceptors (Lipinski definition) is 6. The van der Waals surface area contributed by atoms with Crippen molar-refractivity contribution in [1.29, 1.82) is 0 Å². The molecule has 1 atom stereocenters. The first-order valence-electron chi connectivity index (χ1n) is 10.1. The lowest BCUT2D eigenvalue weighted by molar-refractivity contribution is 0.198. The zero-order valence-corrected chi connectivity index (χ0v) is 16.4. The van der Waals surface area contributed by atoms with E-state index in [0.29, 0.717) is 5.75 Å². The maximum absolute atomic E-state index is 12.2. The molecule has 0 radical (unpaired) electrons. The average molecular weight is 384 g/mol. The molecular formula is C21H28N4O3. The Labute approximate surface area is 165 Å². The van der Waals surface area contributed by atoms with Gasteiger partial charge >= 0.3 is 0 Å². The van der Waals surface area contributed by atoms with E-state index in [9.17, 15) is 9.90 Å². The van der Waals surface area contributed by atoms with Gasteiger partial charge in [-0.1, -0.05) is 6.07 Å². The zero-order valence-electron chi connectivity index (χ0n) is 16.4. The van der Waals surface area contributed by atoms with E-state index in [1.54, 1.807) is 19.2 Å². The molecule has 0 bridgehead atoms. The molecule has 0 spiro atoms. The van der Waals surface area contributed by atoms with Crippen LogP contribution in [-0.4, -0.2) is 53.3 Å². The largest absolute Gasteiger partial charge is 0.504 e. The molecule has 7 heteroatoms. The van der Waals surface area contributed by atoms with Gasteiger partial charge in [-0.15, -0.1) is 0 Å². The second-order valence-corrected chi connectivity index (χ2v) is 7.77. The number of nitrogens with one attached hydrogen (secondary N) is 1. The molecule has 0 amide bonds. The monoisotopic (exact) mass is 384 g/mol. The number of hydrogen-bond donors (Lipinski definition) is 2. The fraction of sp³-hybridized carbons (Fsp3) is 0.524. The Morgan fingerprint density at radius 1 is 1.21 bits per heavy atom. The highest BCUT2D eigenvalue weighted by molar-refractivity contribution is 5.41. The van der Waals surface area contributed by atoms with Crippen molar-refractivity contribution >= 4 is 5.95 Å². The molecule has 2 aromatic rings. The molecule has 7 nitrogen and oxygen atoms in total. The van der Waals surface area contributed by atoms with Crippen LogP contribution in [0.15, 0.2) is 29.1 Å². The number of nitrogens with zero attached hydrogens (tertiary/aromatic N) is 3. The number of aromatic amines is 1. The molecule has 0 saturated carbocycles. The number of phenols is 1. The van der Waals surface area contributed by atoms with E-state index in [0.717, 1.165) is 75.6 Å². The summed E-state index contributed by atoms with van der Waals surface area (Å²) in [5.41, 5.74) is 1.94. The molecule has 2 fully saturated rings. The zero-order chi connectivity index (χ0) is 19.5. The van der Waals surface area contributed by atoms with E-state index < -0.39 is 0 Å². The van der Waals surface area contributed by atoms with Crippen LogP contribution in [0.25, 0.3) is 0 Å². The summed E-state index contributed by atoms with van der Waals surface area (Å²) in [5, 5.41) is 9.79. The topological polar surface area (TPSA) is 81.7 Å². The van der Waals surface area contributed by atoms with E-state index in [-0.39, 0.29) is 17.2 Å². The number of likely N-dealkylation sites (tertiary alicyclic amines) is 1. The van der Waals surface area contributed by atoms with Gasteiger partial charge in [0, 0.05) is 38.2 Å². The number of H-pyrrole nitrogens is 1. The van der Waals surface area contributed by atoms with E-state index in [1.807, 2.05) is 12.1 Å². The molecular weight excluding hydrogens is 356 g/mol. The molecule has 0 aliphatic carbocycles. The van der Waals surface area contributed by atoms with Crippen LogP contribution in [0.3, 0.4) is 0 Å². The highest BCUT2D eigenvalue weighted by Crippen LogP contribution is 2.30. The fourth-order valence-electron chi connectivity index (χ4n) is 4.27. The van der Waals surface area contributed by atoms with E-state index >= 15 is 0 Å². The molecule has 1 aromatic carbocycles. The van der Waals surface area contributed by atoms with Crippen molar-refractivity contribution in [3.8, 4) is 11.5 Å². The molecule has 1 aromatic heterocycles. The average Bonchev–Trinajstić information content (AvgIpc) is 3.24. The number of anilines is 1. The molecule has 2 aliphatic rings. The van der Waals surface area contributed by atoms with Gasteiger partial charge in [-0.2, -0.15) is 0 Å². The Morgan fingerprint density at radius 3 is 2.82 bits per heavy atom. The van der Waals surface area contributed by atoms with Gasteiger partial charge in [-0.25, -0.2) is 4.98 Å². The van der Waals surface area contributed by atoms with Crippen LogP contribution < -0.4 is 15.2 Å². The SMILES string of the molecule is COc1cc(CN2CCCC(c3cc(=O)[nH]c(N4CCCC4)n3)C2)ccc1O. The highest BCUT2D eigenvalue weighted by atomic mass is 16.5. The molecule has 3 heterocycles. The minimum Gasteiger partial charge on any atom is -0.504 e. The lowest BCUT2D eigenvalue weighted by Crippen LogP contribution is -2.35. The summed E-state index contributed by atoms with van der Waals surface area (Å²) >= 11 is 0. The third kappa shape index (κ3) is 4.14. The molecule has 2 saturated heterocycles. The fourth-order valence-corrected chi connectivity index (χ4v) is 4.27. The molecule has 150 valence electrons. The minimum absolute atomic E-state index is 0.0627. The van der Waals surface area contributed by atoms with Crippen LogP contribution >= 0.6 is 0 Å². The number of rotatable bonds is 5. The summed E-state index contributed by atoms with van der Waals surface area (Å²) in [4.78, 5) is 24.5. The highest BCUT2D eigenvalue weighted by Gasteiger charge is 2.24. The first kappa shape index (κ1) is 18.8. The summed E-state index contributed by atoms with van der Waals surface area (Å²) in [6.45, 7) is 4.61. The van der Waals surface area contributed by atoms with Gasteiger partial charge in [0.25, 0.3) is 5.56 Å². The standard InChI is InChI=1S/C21H28N4O3/c1-28-19-11-15(6-7-18(19)26)13-24-8-4-5-16(14-24)17-12-20(27)23-21(22-17)25-9-2-3-10-25/h6-7,11-12,16,26H,2-5,8-10,13-14H2,1H3,(H,22,23,27). The van der Waals surface area contributed by atoms with E-state index in [1.165, 1.54) is 0 Å². The smallest absolute Gasteiger partial charge is 0.252 e. The maximum atomic E-state index is 12.2. The Hall–Kier alpha value is -2.54. The molecule has 2 N–H and O–H groups in total. The minimum atomic E-state index is -0.0627. The quantitative estimate of drug-likeness (QED) is 0.824. The summed E-state index contributed by atoms with van der Waals surface area (Å²) in [6, 6.07) is 7.15. The summed E-state index contributed by atoms with van der Waals surface area (Å²) in [7, 11) is 1.56. The van der Waals surface area contributed by atoms with Gasteiger partial charge in [-0.05, 0) is 49.9 Å². The van der Waals surface area contributed by atoms with Gasteiger partial charge < -0.3 is 14.7 Å². The first-order valence-corrected chi connectivity index (χ1v) is 10.1. The maximum Gasteiger partial charge on any atom is 0.252 e. The van der Waals surface area contributed by atoms with Crippen LogP contribution in [0.4, 0.5) is 5.95 Å². The van der Waals surface area contributed by atoms with Gasteiger partial charge in [0.05, 0.1) is 12.8 Å². The number of aromatic nitrogens is 2. The molecule has 4 rings (SSSR count). The van der Waals surface area contributed by atoms with Gasteiger partial charge in [-0.3, -0.25) is 14.7 Å². The second-order valence-electron chi connectivity index (χ2n) is 7.77. The lowest BCUT2D eigenvalue weighted by atomic mass is 9.94. The Kier molecular flexibility index (Phi) is 5.52. The molecule has 1 unspecified atom stereocenters. The van der Waals surface area contributed by atoms with Crippen LogP contribution in [-0.2, 0) is 6.54 Å². The van der Waals surface area contributed by atoms with Crippen LogP contribution in [0.5, 0.6) is 11.5 Å². The predicted octanol–water partition coefficient (Wildman–Crippen LogP) is 2.46. The van der Waals surface area contributed by atoms with Crippen molar-refractivity contribution < 1.29 is 9.84 Å².